The van der Waals surface area contributed by atoms with Crippen LogP contribution in [0, 0.1) is 6.92 Å². The highest BCUT2D eigenvalue weighted by molar-refractivity contribution is 5.35. The van der Waals surface area contributed by atoms with Gasteiger partial charge in [0.15, 0.2) is 11.6 Å². The summed E-state index contributed by atoms with van der Waals surface area (Å²) >= 11 is 0. The lowest BCUT2D eigenvalue weighted by Gasteiger charge is -2.06. The molecule has 0 amide bonds. The minimum absolute atomic E-state index is 0.251. The van der Waals surface area contributed by atoms with Crippen LogP contribution in [0.1, 0.15) is 31.1 Å². The van der Waals surface area contributed by atoms with E-state index in [1.807, 2.05) is 20.8 Å². The zero-order chi connectivity index (χ0) is 12.4. The number of hydrogen-bond acceptors (Lipinski definition) is 5. The Morgan fingerprint density at radius 1 is 1.24 bits per heavy atom. The first kappa shape index (κ1) is 11.5. The molecule has 2 aromatic rings. The van der Waals surface area contributed by atoms with E-state index in [1.54, 1.807) is 10.9 Å². The minimum Gasteiger partial charge on any atom is -0.368 e. The lowest BCUT2D eigenvalue weighted by molar-refractivity contribution is 0.761. The van der Waals surface area contributed by atoms with Gasteiger partial charge >= 0.3 is 0 Å². The van der Waals surface area contributed by atoms with Crippen molar-refractivity contribution < 1.29 is 0 Å². The van der Waals surface area contributed by atoms with E-state index in [9.17, 15) is 0 Å². The average molecular weight is 232 g/mol. The second-order valence-corrected chi connectivity index (χ2v) is 3.80. The third kappa shape index (κ3) is 2.11. The van der Waals surface area contributed by atoms with E-state index in [-0.39, 0.29) is 5.95 Å². The van der Waals surface area contributed by atoms with Gasteiger partial charge in [0.2, 0.25) is 5.95 Å². The quantitative estimate of drug-likeness (QED) is 0.856. The molecule has 0 atom stereocenters. The predicted octanol–water partition coefficient (Wildman–Crippen LogP) is 1.07. The van der Waals surface area contributed by atoms with Gasteiger partial charge in [-0.25, -0.2) is 9.97 Å². The maximum absolute atomic E-state index is 5.61. The number of nitrogen functional groups attached to an aromatic ring is 1. The van der Waals surface area contributed by atoms with Crippen LogP contribution in [0.15, 0.2) is 6.20 Å². The molecule has 17 heavy (non-hydrogen) atoms. The van der Waals surface area contributed by atoms with E-state index in [0.717, 1.165) is 30.1 Å². The van der Waals surface area contributed by atoms with Gasteiger partial charge in [-0.2, -0.15) is 9.67 Å². The molecular weight excluding hydrogens is 216 g/mol. The van der Waals surface area contributed by atoms with Crippen LogP contribution < -0.4 is 5.73 Å². The molecule has 0 unspecified atom stereocenters. The number of nitrogens with two attached hydrogens (primary N) is 1. The maximum atomic E-state index is 5.61. The molecule has 2 aromatic heterocycles. The average Bonchev–Trinajstić information content (AvgIpc) is 2.75. The first-order chi connectivity index (χ1) is 8.15. The number of anilines is 1. The Morgan fingerprint density at radius 3 is 2.65 bits per heavy atom. The molecule has 6 heteroatoms. The molecule has 0 saturated heterocycles. The number of aryl methyl sites for hydroxylation is 3. The van der Waals surface area contributed by atoms with Crippen molar-refractivity contribution in [3.63, 3.8) is 0 Å². The monoisotopic (exact) mass is 232 g/mol. The highest BCUT2D eigenvalue weighted by Crippen LogP contribution is 2.13. The van der Waals surface area contributed by atoms with Crippen molar-refractivity contribution in [2.45, 2.75) is 33.6 Å². The molecule has 2 N–H and O–H groups in total. The van der Waals surface area contributed by atoms with Crippen LogP contribution in [0.25, 0.3) is 5.82 Å². The fraction of sp³-hybridized carbons (Fsp3) is 0.455. The van der Waals surface area contributed by atoms with Gasteiger partial charge in [0, 0.05) is 24.6 Å². The summed E-state index contributed by atoms with van der Waals surface area (Å²) in [4.78, 5) is 12.6. The zero-order valence-electron chi connectivity index (χ0n) is 10.3. The van der Waals surface area contributed by atoms with E-state index < -0.39 is 0 Å². The first-order valence-corrected chi connectivity index (χ1v) is 5.70. The Bertz CT molecular complexity index is 531. The lowest BCUT2D eigenvalue weighted by atomic mass is 10.3. The standard InChI is InChI=1S/C11H16N6/c1-4-8-14-9(5-2)17(16-8)10-7(3)6-13-11(12)15-10/h6H,4-5H2,1-3H3,(H2,12,13,15). The number of rotatable bonds is 3. The molecule has 0 fully saturated rings. The number of aromatic nitrogens is 5. The minimum atomic E-state index is 0.251. The van der Waals surface area contributed by atoms with Crippen molar-refractivity contribution in [2.24, 2.45) is 0 Å². The summed E-state index contributed by atoms with van der Waals surface area (Å²) in [6.45, 7) is 6.00. The van der Waals surface area contributed by atoms with Crippen molar-refractivity contribution in [3.05, 3.63) is 23.4 Å². The maximum Gasteiger partial charge on any atom is 0.222 e. The van der Waals surface area contributed by atoms with E-state index in [4.69, 9.17) is 5.73 Å². The summed E-state index contributed by atoms with van der Waals surface area (Å²) in [6.07, 6.45) is 3.31. The molecule has 0 aliphatic heterocycles. The third-order valence-corrected chi connectivity index (χ3v) is 2.51. The fourth-order valence-electron chi connectivity index (χ4n) is 1.60. The molecule has 6 nitrogen and oxygen atoms in total. The fourth-order valence-corrected chi connectivity index (χ4v) is 1.60. The molecule has 0 aliphatic carbocycles. The van der Waals surface area contributed by atoms with Crippen LogP contribution in [0.2, 0.25) is 0 Å². The Kier molecular flexibility index (Phi) is 3.03. The van der Waals surface area contributed by atoms with Crippen LogP contribution in [0.4, 0.5) is 5.95 Å². The Morgan fingerprint density at radius 2 is 2.00 bits per heavy atom. The summed E-state index contributed by atoms with van der Waals surface area (Å²) in [7, 11) is 0. The van der Waals surface area contributed by atoms with Crippen LogP contribution in [0.5, 0.6) is 0 Å². The van der Waals surface area contributed by atoms with Crippen LogP contribution >= 0.6 is 0 Å². The Labute approximate surface area is 99.9 Å². The van der Waals surface area contributed by atoms with E-state index in [1.165, 1.54) is 0 Å². The van der Waals surface area contributed by atoms with Gasteiger partial charge in [-0.3, -0.25) is 0 Å². The number of nitrogens with zero attached hydrogens (tertiary/aromatic N) is 5. The van der Waals surface area contributed by atoms with E-state index >= 15 is 0 Å². The number of hydrogen-bond donors (Lipinski definition) is 1. The van der Waals surface area contributed by atoms with Crippen molar-refractivity contribution in [1.82, 2.24) is 24.7 Å². The molecule has 2 rings (SSSR count). The highest BCUT2D eigenvalue weighted by Gasteiger charge is 2.12. The van der Waals surface area contributed by atoms with Crippen molar-refractivity contribution >= 4 is 5.95 Å². The van der Waals surface area contributed by atoms with Gasteiger partial charge in [-0.1, -0.05) is 13.8 Å². The molecule has 0 aromatic carbocycles. The molecule has 90 valence electrons. The van der Waals surface area contributed by atoms with Gasteiger partial charge < -0.3 is 5.73 Å². The predicted molar refractivity (Wildman–Crippen MR) is 64.9 cm³/mol. The summed E-state index contributed by atoms with van der Waals surface area (Å²) in [5.74, 6) is 2.67. The zero-order valence-corrected chi connectivity index (χ0v) is 10.3. The van der Waals surface area contributed by atoms with Gasteiger partial charge in [-0.15, -0.1) is 5.10 Å². The van der Waals surface area contributed by atoms with Crippen LogP contribution in [-0.2, 0) is 12.8 Å². The molecule has 2 heterocycles. The van der Waals surface area contributed by atoms with Gasteiger partial charge in [0.1, 0.15) is 5.82 Å². The molecule has 0 bridgehead atoms. The summed E-state index contributed by atoms with van der Waals surface area (Å²) in [5.41, 5.74) is 6.54. The molecular formula is C11H16N6. The Hall–Kier alpha value is -1.98. The molecule has 0 saturated carbocycles. The normalized spacial score (nSPS) is 10.8. The van der Waals surface area contributed by atoms with Crippen molar-refractivity contribution in [1.29, 1.82) is 0 Å². The summed E-state index contributed by atoms with van der Waals surface area (Å²) in [6, 6.07) is 0. The molecule has 0 spiro atoms. The van der Waals surface area contributed by atoms with Crippen molar-refractivity contribution in [3.8, 4) is 5.82 Å². The van der Waals surface area contributed by atoms with E-state index in [2.05, 4.69) is 20.1 Å². The van der Waals surface area contributed by atoms with Crippen molar-refractivity contribution in [2.75, 3.05) is 5.73 Å². The SMILES string of the molecule is CCc1nc(CC)n(-c2nc(N)ncc2C)n1. The summed E-state index contributed by atoms with van der Waals surface area (Å²) < 4.78 is 1.76. The highest BCUT2D eigenvalue weighted by atomic mass is 15.4. The van der Waals surface area contributed by atoms with E-state index in [0.29, 0.717) is 5.82 Å². The Balaban J connectivity index is 2.58. The molecule has 0 radical (unpaired) electrons. The van der Waals surface area contributed by atoms with Gasteiger partial charge in [0.05, 0.1) is 0 Å². The largest absolute Gasteiger partial charge is 0.368 e. The first-order valence-electron chi connectivity index (χ1n) is 5.70. The third-order valence-electron chi connectivity index (χ3n) is 2.51. The van der Waals surface area contributed by atoms with Crippen LogP contribution in [-0.4, -0.2) is 24.7 Å². The summed E-state index contributed by atoms with van der Waals surface area (Å²) in [5, 5.41) is 4.43. The topological polar surface area (TPSA) is 82.5 Å². The van der Waals surface area contributed by atoms with Gasteiger partial charge in [-0.05, 0) is 6.92 Å². The smallest absolute Gasteiger partial charge is 0.222 e. The lowest BCUT2D eigenvalue weighted by Crippen LogP contribution is -2.09. The van der Waals surface area contributed by atoms with Crippen LogP contribution in [0.3, 0.4) is 0 Å². The molecule has 0 aliphatic rings. The van der Waals surface area contributed by atoms with Gasteiger partial charge in [0.25, 0.3) is 0 Å². The second-order valence-electron chi connectivity index (χ2n) is 3.80. The second kappa shape index (κ2) is 4.48.